The van der Waals surface area contributed by atoms with Crippen molar-refractivity contribution in [3.8, 4) is 11.5 Å². The molecule has 0 aliphatic carbocycles. The van der Waals surface area contributed by atoms with Crippen LogP contribution in [0.4, 0.5) is 5.69 Å². The van der Waals surface area contributed by atoms with Gasteiger partial charge >= 0.3 is 5.97 Å². The number of allylic oxidation sites excluding steroid dienone is 1. The number of ether oxygens (including phenoxy) is 3. The van der Waals surface area contributed by atoms with Gasteiger partial charge in [0.25, 0.3) is 5.91 Å². The minimum Gasteiger partial charge on any atom is -0.493 e. The first-order valence-electron chi connectivity index (χ1n) is 8.90. The van der Waals surface area contributed by atoms with Crippen LogP contribution in [-0.2, 0) is 11.3 Å². The molecule has 0 saturated heterocycles. The molecule has 0 atom stereocenters. The molecule has 0 unspecified atom stereocenters. The summed E-state index contributed by atoms with van der Waals surface area (Å²) in [6.45, 7) is 9.65. The number of nitrogens with one attached hydrogen (secondary N) is 1. The van der Waals surface area contributed by atoms with Crippen LogP contribution in [0.2, 0.25) is 0 Å². The molecule has 1 N–H and O–H groups in total. The number of aromatic nitrogens is 1. The lowest BCUT2D eigenvalue weighted by Crippen LogP contribution is -2.14. The van der Waals surface area contributed by atoms with Crippen molar-refractivity contribution < 1.29 is 23.8 Å². The maximum Gasteiger partial charge on any atom is 0.355 e. The molecular weight excluding hydrogens is 360 g/mol. The smallest absolute Gasteiger partial charge is 0.355 e. The van der Waals surface area contributed by atoms with E-state index in [2.05, 4.69) is 11.9 Å². The number of hydrogen-bond acceptors (Lipinski definition) is 5. The lowest BCUT2D eigenvalue weighted by Gasteiger charge is -2.11. The SMILES string of the molecule is C=CCn1c(C)c(C(=O)Nc2ccc(OC)c(OC)c2)c(C)c1C(=O)OCC. The Hall–Kier alpha value is -3.22. The minimum atomic E-state index is -0.463. The number of hydrogen-bond donors (Lipinski definition) is 1. The lowest BCUT2D eigenvalue weighted by molar-refractivity contribution is 0.0513. The van der Waals surface area contributed by atoms with Crippen LogP contribution >= 0.6 is 0 Å². The van der Waals surface area contributed by atoms with Crippen LogP contribution in [0.15, 0.2) is 30.9 Å². The Bertz CT molecular complexity index is 899. The normalized spacial score (nSPS) is 10.3. The maximum atomic E-state index is 13.0. The van der Waals surface area contributed by atoms with Crippen LogP contribution in [0.3, 0.4) is 0 Å². The lowest BCUT2D eigenvalue weighted by atomic mass is 10.1. The summed E-state index contributed by atoms with van der Waals surface area (Å²) in [5.74, 6) is 0.283. The number of nitrogens with zero attached hydrogens (tertiary/aromatic N) is 1. The molecule has 28 heavy (non-hydrogen) atoms. The van der Waals surface area contributed by atoms with E-state index in [1.165, 1.54) is 7.11 Å². The van der Waals surface area contributed by atoms with Gasteiger partial charge in [0.1, 0.15) is 5.69 Å². The van der Waals surface area contributed by atoms with Gasteiger partial charge in [0.2, 0.25) is 0 Å². The zero-order chi connectivity index (χ0) is 20.8. The molecule has 0 bridgehead atoms. The highest BCUT2D eigenvalue weighted by molar-refractivity contribution is 6.08. The van der Waals surface area contributed by atoms with Gasteiger partial charge in [0.05, 0.1) is 26.4 Å². The van der Waals surface area contributed by atoms with Gasteiger partial charge < -0.3 is 24.1 Å². The molecule has 7 heteroatoms. The molecule has 0 fully saturated rings. The highest BCUT2D eigenvalue weighted by Gasteiger charge is 2.27. The molecule has 7 nitrogen and oxygen atoms in total. The molecule has 1 amide bonds. The van der Waals surface area contributed by atoms with Gasteiger partial charge in [-0.1, -0.05) is 6.08 Å². The van der Waals surface area contributed by atoms with Gasteiger partial charge in [-0.3, -0.25) is 4.79 Å². The molecule has 0 spiro atoms. The number of carbonyl (C=O) groups excluding carboxylic acids is 2. The van der Waals surface area contributed by atoms with Gasteiger partial charge in [0, 0.05) is 24.0 Å². The number of anilines is 1. The Kier molecular flexibility index (Phi) is 6.87. The van der Waals surface area contributed by atoms with E-state index < -0.39 is 5.97 Å². The fourth-order valence-electron chi connectivity index (χ4n) is 3.16. The summed E-state index contributed by atoms with van der Waals surface area (Å²) >= 11 is 0. The number of carbonyl (C=O) groups is 2. The van der Waals surface area contributed by atoms with Crippen molar-refractivity contribution >= 4 is 17.6 Å². The molecule has 0 aliphatic rings. The summed E-state index contributed by atoms with van der Waals surface area (Å²) < 4.78 is 17.4. The van der Waals surface area contributed by atoms with E-state index in [9.17, 15) is 9.59 Å². The van der Waals surface area contributed by atoms with E-state index in [0.717, 1.165) is 0 Å². The third-order valence-electron chi connectivity index (χ3n) is 4.42. The summed E-state index contributed by atoms with van der Waals surface area (Å²) in [5, 5.41) is 2.85. The average Bonchev–Trinajstić information content (AvgIpc) is 2.92. The van der Waals surface area contributed by atoms with E-state index in [-0.39, 0.29) is 12.5 Å². The van der Waals surface area contributed by atoms with Crippen LogP contribution in [0.25, 0.3) is 0 Å². The molecule has 2 aromatic rings. The second-order valence-corrected chi connectivity index (χ2v) is 6.08. The minimum absolute atomic E-state index is 0.254. The molecule has 0 aliphatic heterocycles. The van der Waals surface area contributed by atoms with Gasteiger partial charge in [-0.25, -0.2) is 4.79 Å². The Labute approximate surface area is 164 Å². The van der Waals surface area contributed by atoms with E-state index in [1.54, 1.807) is 56.7 Å². The quantitative estimate of drug-likeness (QED) is 0.552. The summed E-state index contributed by atoms with van der Waals surface area (Å²) in [5.41, 5.74) is 2.57. The molecule has 1 aromatic carbocycles. The zero-order valence-corrected chi connectivity index (χ0v) is 16.9. The van der Waals surface area contributed by atoms with Crippen LogP contribution < -0.4 is 14.8 Å². The first-order chi connectivity index (χ1) is 13.4. The van der Waals surface area contributed by atoms with E-state index in [0.29, 0.717) is 46.2 Å². The summed E-state index contributed by atoms with van der Waals surface area (Å²) in [6.07, 6.45) is 1.67. The molecule has 0 saturated carbocycles. The van der Waals surface area contributed by atoms with Crippen LogP contribution in [-0.4, -0.2) is 37.3 Å². The molecule has 0 radical (unpaired) electrons. The largest absolute Gasteiger partial charge is 0.493 e. The van der Waals surface area contributed by atoms with Crippen molar-refractivity contribution in [1.29, 1.82) is 0 Å². The Morgan fingerprint density at radius 2 is 1.86 bits per heavy atom. The van der Waals surface area contributed by atoms with Gasteiger partial charge in [-0.15, -0.1) is 6.58 Å². The summed E-state index contributed by atoms with van der Waals surface area (Å²) in [7, 11) is 3.07. The number of esters is 1. The standard InChI is InChI=1S/C21H26N2O5/c1-7-11-23-14(4)18(13(3)19(23)21(25)28-8-2)20(24)22-15-9-10-16(26-5)17(12-15)27-6/h7,9-10,12H,1,8,11H2,2-6H3,(H,22,24). The van der Waals surface area contributed by atoms with E-state index >= 15 is 0 Å². The zero-order valence-electron chi connectivity index (χ0n) is 16.9. The molecule has 2 rings (SSSR count). The predicted octanol–water partition coefficient (Wildman–Crippen LogP) is 3.74. The molecule has 1 heterocycles. The summed E-state index contributed by atoms with van der Waals surface area (Å²) in [6, 6.07) is 5.10. The first-order valence-corrected chi connectivity index (χ1v) is 8.90. The van der Waals surface area contributed by atoms with Crippen molar-refractivity contribution in [3.05, 3.63) is 53.4 Å². The second kappa shape index (κ2) is 9.12. The Morgan fingerprint density at radius 3 is 2.43 bits per heavy atom. The second-order valence-electron chi connectivity index (χ2n) is 6.08. The van der Waals surface area contributed by atoms with Gasteiger partial charge in [-0.05, 0) is 38.5 Å². The first kappa shape index (κ1) is 21.1. The van der Waals surface area contributed by atoms with Crippen LogP contribution in [0.5, 0.6) is 11.5 Å². The third-order valence-corrected chi connectivity index (χ3v) is 4.42. The highest BCUT2D eigenvalue weighted by atomic mass is 16.5. The number of methoxy groups -OCH3 is 2. The fourth-order valence-corrected chi connectivity index (χ4v) is 3.16. The van der Waals surface area contributed by atoms with Crippen molar-refractivity contribution in [2.24, 2.45) is 0 Å². The number of benzene rings is 1. The predicted molar refractivity (Wildman–Crippen MR) is 108 cm³/mol. The Balaban J connectivity index is 2.44. The molecule has 150 valence electrons. The third kappa shape index (κ3) is 4.03. The summed E-state index contributed by atoms with van der Waals surface area (Å²) in [4.78, 5) is 25.4. The topological polar surface area (TPSA) is 78.8 Å². The highest BCUT2D eigenvalue weighted by Crippen LogP contribution is 2.31. The Morgan fingerprint density at radius 1 is 1.18 bits per heavy atom. The number of amides is 1. The van der Waals surface area contributed by atoms with E-state index in [4.69, 9.17) is 14.2 Å². The van der Waals surface area contributed by atoms with Crippen LogP contribution in [0.1, 0.15) is 39.0 Å². The van der Waals surface area contributed by atoms with Crippen molar-refractivity contribution in [2.75, 3.05) is 26.1 Å². The van der Waals surface area contributed by atoms with Gasteiger partial charge in [-0.2, -0.15) is 0 Å². The number of rotatable bonds is 8. The average molecular weight is 386 g/mol. The monoisotopic (exact) mass is 386 g/mol. The van der Waals surface area contributed by atoms with Gasteiger partial charge in [0.15, 0.2) is 11.5 Å². The fraction of sp³-hybridized carbons (Fsp3) is 0.333. The van der Waals surface area contributed by atoms with Crippen molar-refractivity contribution in [1.82, 2.24) is 4.57 Å². The van der Waals surface area contributed by atoms with Crippen molar-refractivity contribution in [2.45, 2.75) is 27.3 Å². The van der Waals surface area contributed by atoms with Crippen molar-refractivity contribution in [3.63, 3.8) is 0 Å². The molecular formula is C21H26N2O5. The van der Waals surface area contributed by atoms with Crippen LogP contribution in [0, 0.1) is 13.8 Å². The maximum absolute atomic E-state index is 13.0. The molecule has 1 aromatic heterocycles. The van der Waals surface area contributed by atoms with E-state index in [1.807, 2.05) is 0 Å².